The van der Waals surface area contributed by atoms with E-state index in [4.69, 9.17) is 5.11 Å². The molecule has 21 heavy (non-hydrogen) atoms. The van der Waals surface area contributed by atoms with Gasteiger partial charge in [0.15, 0.2) is 5.78 Å². The molecule has 0 aliphatic heterocycles. The SMILES string of the molecule is O=C(CO)c1ccc2c(=O)[nH]c(C3CCCCC3)nc2c1. The van der Waals surface area contributed by atoms with Crippen LogP contribution in [-0.4, -0.2) is 27.5 Å². The summed E-state index contributed by atoms with van der Waals surface area (Å²) < 4.78 is 0. The zero-order chi connectivity index (χ0) is 14.8. The van der Waals surface area contributed by atoms with Gasteiger partial charge in [0.05, 0.1) is 10.9 Å². The van der Waals surface area contributed by atoms with Crippen molar-refractivity contribution in [3.63, 3.8) is 0 Å². The third kappa shape index (κ3) is 2.74. The van der Waals surface area contributed by atoms with Gasteiger partial charge in [0, 0.05) is 11.5 Å². The number of aromatic amines is 1. The molecule has 0 amide bonds. The van der Waals surface area contributed by atoms with Gasteiger partial charge in [0.1, 0.15) is 12.4 Å². The van der Waals surface area contributed by atoms with Gasteiger partial charge in [-0.25, -0.2) is 4.98 Å². The summed E-state index contributed by atoms with van der Waals surface area (Å²) in [6.07, 6.45) is 5.65. The molecule has 0 radical (unpaired) electrons. The molecule has 110 valence electrons. The number of fused-ring (bicyclic) bond motifs is 1. The van der Waals surface area contributed by atoms with Crippen molar-refractivity contribution in [2.75, 3.05) is 6.61 Å². The van der Waals surface area contributed by atoms with Crippen molar-refractivity contribution in [1.82, 2.24) is 9.97 Å². The van der Waals surface area contributed by atoms with Gasteiger partial charge in [-0.3, -0.25) is 9.59 Å². The minimum atomic E-state index is -0.538. The standard InChI is InChI=1S/C16H18N2O3/c19-9-14(20)11-6-7-12-13(8-11)17-15(18-16(12)21)10-4-2-1-3-5-10/h6-8,10,19H,1-5,9H2,(H,17,18,21). The summed E-state index contributed by atoms with van der Waals surface area (Å²) in [5, 5.41) is 9.41. The van der Waals surface area contributed by atoms with Crippen molar-refractivity contribution in [3.05, 3.63) is 39.9 Å². The maximum absolute atomic E-state index is 12.2. The molecule has 5 nitrogen and oxygen atoms in total. The van der Waals surface area contributed by atoms with Crippen LogP contribution in [0.3, 0.4) is 0 Å². The van der Waals surface area contributed by atoms with Crippen molar-refractivity contribution in [2.24, 2.45) is 0 Å². The van der Waals surface area contributed by atoms with Crippen LogP contribution in [0.15, 0.2) is 23.0 Å². The van der Waals surface area contributed by atoms with Gasteiger partial charge in [-0.05, 0) is 25.0 Å². The number of aliphatic hydroxyl groups is 1. The molecule has 1 saturated carbocycles. The lowest BCUT2D eigenvalue weighted by Crippen LogP contribution is -2.17. The van der Waals surface area contributed by atoms with Crippen LogP contribution < -0.4 is 5.56 Å². The number of rotatable bonds is 3. The van der Waals surface area contributed by atoms with Gasteiger partial charge < -0.3 is 10.1 Å². The van der Waals surface area contributed by atoms with E-state index in [9.17, 15) is 9.59 Å². The molecular formula is C16H18N2O3. The number of hydrogen-bond acceptors (Lipinski definition) is 4. The Morgan fingerprint density at radius 3 is 2.76 bits per heavy atom. The number of Topliss-reactive ketones (excluding diaryl/α,β-unsaturated/α-hetero) is 1. The van der Waals surface area contributed by atoms with Gasteiger partial charge in [0.2, 0.25) is 0 Å². The molecule has 0 unspecified atom stereocenters. The second-order valence-corrected chi connectivity index (χ2v) is 5.60. The first-order valence-electron chi connectivity index (χ1n) is 7.37. The lowest BCUT2D eigenvalue weighted by atomic mass is 9.88. The molecule has 1 heterocycles. The highest BCUT2D eigenvalue weighted by Crippen LogP contribution is 2.30. The van der Waals surface area contributed by atoms with E-state index in [1.807, 2.05) is 0 Å². The van der Waals surface area contributed by atoms with Gasteiger partial charge in [-0.1, -0.05) is 25.3 Å². The number of aliphatic hydroxyl groups excluding tert-OH is 1. The highest BCUT2D eigenvalue weighted by atomic mass is 16.3. The van der Waals surface area contributed by atoms with Crippen LogP contribution in [0.1, 0.15) is 54.2 Å². The fraction of sp³-hybridized carbons (Fsp3) is 0.438. The van der Waals surface area contributed by atoms with Crippen LogP contribution >= 0.6 is 0 Å². The van der Waals surface area contributed by atoms with Crippen LogP contribution in [0.5, 0.6) is 0 Å². The maximum atomic E-state index is 12.2. The molecule has 1 aromatic carbocycles. The quantitative estimate of drug-likeness (QED) is 0.847. The number of H-pyrrole nitrogens is 1. The second-order valence-electron chi connectivity index (χ2n) is 5.60. The van der Waals surface area contributed by atoms with Crippen LogP contribution in [0.25, 0.3) is 10.9 Å². The lowest BCUT2D eigenvalue weighted by Gasteiger charge is -2.20. The summed E-state index contributed by atoms with van der Waals surface area (Å²) >= 11 is 0. The number of benzene rings is 1. The van der Waals surface area contributed by atoms with Crippen molar-refractivity contribution < 1.29 is 9.90 Å². The van der Waals surface area contributed by atoms with E-state index in [1.54, 1.807) is 18.2 Å². The Morgan fingerprint density at radius 2 is 2.05 bits per heavy atom. The number of ketones is 1. The first-order chi connectivity index (χ1) is 10.2. The minimum Gasteiger partial charge on any atom is -0.388 e. The Labute approximate surface area is 122 Å². The van der Waals surface area contributed by atoms with Gasteiger partial charge in [-0.2, -0.15) is 0 Å². The molecule has 1 aliphatic carbocycles. The first kappa shape index (κ1) is 13.9. The highest BCUT2D eigenvalue weighted by Gasteiger charge is 2.19. The van der Waals surface area contributed by atoms with E-state index in [1.165, 1.54) is 6.42 Å². The Morgan fingerprint density at radius 1 is 1.29 bits per heavy atom. The molecule has 2 N–H and O–H groups in total. The maximum Gasteiger partial charge on any atom is 0.258 e. The summed E-state index contributed by atoms with van der Waals surface area (Å²) in [6.45, 7) is -0.538. The first-order valence-corrected chi connectivity index (χ1v) is 7.37. The third-order valence-corrected chi connectivity index (χ3v) is 4.18. The molecular weight excluding hydrogens is 268 g/mol. The highest BCUT2D eigenvalue weighted by molar-refractivity contribution is 5.99. The summed E-state index contributed by atoms with van der Waals surface area (Å²) in [5.41, 5.74) is 0.750. The van der Waals surface area contributed by atoms with Crippen molar-refractivity contribution in [1.29, 1.82) is 0 Å². The Kier molecular flexibility index (Phi) is 3.84. The van der Waals surface area contributed by atoms with E-state index >= 15 is 0 Å². The molecule has 1 fully saturated rings. The van der Waals surface area contributed by atoms with Crippen LogP contribution in [0.4, 0.5) is 0 Å². The predicted molar refractivity (Wildman–Crippen MR) is 79.6 cm³/mol. The molecule has 0 spiro atoms. The van der Waals surface area contributed by atoms with E-state index < -0.39 is 6.61 Å². The molecule has 1 aliphatic rings. The fourth-order valence-electron chi connectivity index (χ4n) is 2.99. The van der Waals surface area contributed by atoms with E-state index in [2.05, 4.69) is 9.97 Å². The van der Waals surface area contributed by atoms with Crippen molar-refractivity contribution in [2.45, 2.75) is 38.0 Å². The Balaban J connectivity index is 2.07. The number of carbonyl (C=O) groups is 1. The predicted octanol–water partition coefficient (Wildman–Crippen LogP) is 2.15. The molecule has 0 atom stereocenters. The lowest BCUT2D eigenvalue weighted by molar-refractivity contribution is 0.0904. The van der Waals surface area contributed by atoms with E-state index in [0.717, 1.165) is 31.5 Å². The van der Waals surface area contributed by atoms with Crippen molar-refractivity contribution in [3.8, 4) is 0 Å². The summed E-state index contributed by atoms with van der Waals surface area (Å²) in [7, 11) is 0. The average Bonchev–Trinajstić information content (AvgIpc) is 2.54. The van der Waals surface area contributed by atoms with Crippen LogP contribution in [0.2, 0.25) is 0 Å². The molecule has 5 heteroatoms. The smallest absolute Gasteiger partial charge is 0.258 e. The molecule has 0 saturated heterocycles. The zero-order valence-corrected chi connectivity index (χ0v) is 11.8. The summed E-state index contributed by atoms with van der Waals surface area (Å²) in [4.78, 5) is 31.2. The number of nitrogens with one attached hydrogen (secondary N) is 1. The van der Waals surface area contributed by atoms with Crippen LogP contribution in [-0.2, 0) is 0 Å². The van der Waals surface area contributed by atoms with Crippen LogP contribution in [0, 0.1) is 0 Å². The minimum absolute atomic E-state index is 0.163. The largest absolute Gasteiger partial charge is 0.388 e. The monoisotopic (exact) mass is 286 g/mol. The van der Waals surface area contributed by atoms with E-state index in [-0.39, 0.29) is 11.3 Å². The fourth-order valence-corrected chi connectivity index (χ4v) is 2.99. The Hall–Kier alpha value is -2.01. The van der Waals surface area contributed by atoms with Gasteiger partial charge in [0.25, 0.3) is 5.56 Å². The third-order valence-electron chi connectivity index (χ3n) is 4.18. The second kappa shape index (κ2) is 5.77. The molecule has 0 bridgehead atoms. The van der Waals surface area contributed by atoms with Gasteiger partial charge in [-0.15, -0.1) is 0 Å². The van der Waals surface area contributed by atoms with Gasteiger partial charge >= 0.3 is 0 Å². The molecule has 1 aromatic heterocycles. The number of aromatic nitrogens is 2. The average molecular weight is 286 g/mol. The Bertz CT molecular complexity index is 730. The summed E-state index contributed by atoms with van der Waals surface area (Å²) in [6, 6.07) is 4.74. The zero-order valence-electron chi connectivity index (χ0n) is 11.8. The molecule has 3 rings (SSSR count). The number of carbonyl (C=O) groups excluding carboxylic acids is 1. The summed E-state index contributed by atoms with van der Waals surface area (Å²) in [5.74, 6) is 0.659. The number of hydrogen-bond donors (Lipinski definition) is 2. The topological polar surface area (TPSA) is 83.0 Å². The number of nitrogens with zero attached hydrogens (tertiary/aromatic N) is 1. The van der Waals surface area contributed by atoms with E-state index in [0.29, 0.717) is 22.4 Å². The molecule has 2 aromatic rings. The van der Waals surface area contributed by atoms with Crippen molar-refractivity contribution >= 4 is 16.7 Å². The normalized spacial score (nSPS) is 16.2.